The van der Waals surface area contributed by atoms with Crippen molar-refractivity contribution in [2.45, 2.75) is 39.8 Å². The van der Waals surface area contributed by atoms with Crippen molar-refractivity contribution in [1.82, 2.24) is 4.68 Å². The van der Waals surface area contributed by atoms with Gasteiger partial charge in [0.15, 0.2) is 6.54 Å². The molecule has 0 spiro atoms. The summed E-state index contributed by atoms with van der Waals surface area (Å²) in [6, 6.07) is 0. The molecule has 0 saturated carbocycles. The minimum Gasteiger partial charge on any atom is -0.157 e. The molecule has 2 heterocycles. The molecule has 0 N–H and O–H groups in total. The number of nitrogens with zero attached hydrogens (tertiary/aromatic N) is 2. The van der Waals surface area contributed by atoms with E-state index in [9.17, 15) is 0 Å². The van der Waals surface area contributed by atoms with E-state index in [1.807, 2.05) is 0 Å². The Morgan fingerprint density at radius 3 is 2.75 bits per heavy atom. The molecule has 3 heteroatoms. The van der Waals surface area contributed by atoms with Crippen molar-refractivity contribution in [3.63, 3.8) is 0 Å². The summed E-state index contributed by atoms with van der Waals surface area (Å²) in [5.41, 5.74) is 2.74. The maximum atomic E-state index is 3.62. The van der Waals surface area contributed by atoms with Crippen molar-refractivity contribution in [3.05, 3.63) is 15.9 Å². The summed E-state index contributed by atoms with van der Waals surface area (Å²) in [6.45, 7) is 6.72. The van der Waals surface area contributed by atoms with Crippen LogP contribution in [0.1, 0.15) is 24.2 Å². The zero-order valence-electron chi connectivity index (χ0n) is 7.60. The fourth-order valence-electron chi connectivity index (χ4n) is 1.95. The van der Waals surface area contributed by atoms with Crippen LogP contribution in [0.15, 0.2) is 4.47 Å². The van der Waals surface area contributed by atoms with Crippen molar-refractivity contribution < 1.29 is 4.68 Å². The van der Waals surface area contributed by atoms with Gasteiger partial charge < -0.3 is 0 Å². The lowest BCUT2D eigenvalue weighted by Gasteiger charge is -2.10. The van der Waals surface area contributed by atoms with Gasteiger partial charge in [0.2, 0.25) is 5.69 Å². The lowest BCUT2D eigenvalue weighted by Crippen LogP contribution is -2.48. The Hall–Kier alpha value is -0.310. The lowest BCUT2D eigenvalue weighted by atomic mass is 10.3. The highest BCUT2D eigenvalue weighted by molar-refractivity contribution is 9.10. The second-order valence-corrected chi connectivity index (χ2v) is 4.23. The largest absolute Gasteiger partial charge is 0.219 e. The van der Waals surface area contributed by atoms with Gasteiger partial charge in [-0.15, -0.1) is 4.68 Å². The molecule has 1 aliphatic rings. The van der Waals surface area contributed by atoms with Crippen molar-refractivity contribution in [2.75, 3.05) is 0 Å². The van der Waals surface area contributed by atoms with Gasteiger partial charge in [-0.25, -0.2) is 0 Å². The Kier molecular flexibility index (Phi) is 1.99. The molecule has 0 bridgehead atoms. The second-order valence-electron chi connectivity index (χ2n) is 3.44. The summed E-state index contributed by atoms with van der Waals surface area (Å²) in [5.74, 6) is 0. The summed E-state index contributed by atoms with van der Waals surface area (Å²) in [4.78, 5) is 0. The van der Waals surface area contributed by atoms with Gasteiger partial charge >= 0.3 is 0 Å². The normalized spacial score (nSPS) is 16.2. The molecule has 0 amide bonds. The van der Waals surface area contributed by atoms with Crippen molar-refractivity contribution >= 4 is 15.9 Å². The summed E-state index contributed by atoms with van der Waals surface area (Å²) >= 11 is 3.62. The fraction of sp³-hybridized carbons (Fsp3) is 0.667. The van der Waals surface area contributed by atoms with Gasteiger partial charge in [-0.05, 0) is 29.3 Å². The highest BCUT2D eigenvalue weighted by Gasteiger charge is 2.25. The molecule has 12 heavy (non-hydrogen) atoms. The molecule has 66 valence electrons. The monoisotopic (exact) mass is 229 g/mol. The highest BCUT2D eigenvalue weighted by atomic mass is 79.9. The predicted molar refractivity (Wildman–Crippen MR) is 51.0 cm³/mol. The van der Waals surface area contributed by atoms with Crippen LogP contribution in [-0.2, 0) is 13.1 Å². The van der Waals surface area contributed by atoms with Gasteiger partial charge in [-0.3, -0.25) is 0 Å². The van der Waals surface area contributed by atoms with Gasteiger partial charge in [0, 0.05) is 13.3 Å². The molecule has 0 aromatic carbocycles. The minimum absolute atomic E-state index is 1.18. The highest BCUT2D eigenvalue weighted by Crippen LogP contribution is 2.20. The van der Waals surface area contributed by atoms with E-state index in [4.69, 9.17) is 0 Å². The Bertz CT molecular complexity index is 285. The molecule has 1 aromatic heterocycles. The number of aromatic nitrogens is 2. The van der Waals surface area contributed by atoms with Crippen LogP contribution in [0.2, 0.25) is 0 Å². The second kappa shape index (κ2) is 2.87. The lowest BCUT2D eigenvalue weighted by molar-refractivity contribution is -0.787. The van der Waals surface area contributed by atoms with Crippen LogP contribution < -0.4 is 4.68 Å². The van der Waals surface area contributed by atoms with E-state index in [1.165, 1.54) is 41.8 Å². The van der Waals surface area contributed by atoms with Crippen LogP contribution in [-0.4, -0.2) is 4.68 Å². The first-order valence-electron chi connectivity index (χ1n) is 4.47. The van der Waals surface area contributed by atoms with Crippen LogP contribution in [0, 0.1) is 13.8 Å². The Labute approximate surface area is 81.3 Å². The van der Waals surface area contributed by atoms with E-state index in [1.54, 1.807) is 0 Å². The van der Waals surface area contributed by atoms with Crippen LogP contribution in [0.5, 0.6) is 0 Å². The van der Waals surface area contributed by atoms with Gasteiger partial charge in [0.1, 0.15) is 4.47 Å². The number of rotatable bonds is 0. The third-order valence-corrected chi connectivity index (χ3v) is 3.84. The van der Waals surface area contributed by atoms with Crippen molar-refractivity contribution in [3.8, 4) is 0 Å². The predicted octanol–water partition coefficient (Wildman–Crippen LogP) is 1.95. The summed E-state index contributed by atoms with van der Waals surface area (Å²) < 4.78 is 6.04. The third-order valence-electron chi connectivity index (χ3n) is 2.69. The number of hydrogen-bond acceptors (Lipinski definition) is 0. The molecule has 0 atom stereocenters. The van der Waals surface area contributed by atoms with Crippen molar-refractivity contribution in [2.24, 2.45) is 0 Å². The average Bonchev–Trinajstić information content (AvgIpc) is 2.33. The van der Waals surface area contributed by atoms with E-state index in [0.29, 0.717) is 0 Å². The van der Waals surface area contributed by atoms with Crippen molar-refractivity contribution in [1.29, 1.82) is 0 Å². The number of halogens is 1. The van der Waals surface area contributed by atoms with Crippen LogP contribution in [0.3, 0.4) is 0 Å². The molecule has 1 aliphatic heterocycles. The fourth-order valence-corrected chi connectivity index (χ4v) is 2.36. The molecule has 0 radical (unpaired) electrons. The first-order valence-corrected chi connectivity index (χ1v) is 5.26. The Balaban J connectivity index is 2.60. The van der Waals surface area contributed by atoms with Gasteiger partial charge in [0.05, 0.1) is 12.2 Å². The Morgan fingerprint density at radius 1 is 1.33 bits per heavy atom. The van der Waals surface area contributed by atoms with Crippen LogP contribution in [0.4, 0.5) is 0 Å². The maximum absolute atomic E-state index is 3.62. The first kappa shape index (κ1) is 8.30. The molecule has 0 saturated heterocycles. The van der Waals surface area contributed by atoms with E-state index < -0.39 is 0 Å². The van der Waals surface area contributed by atoms with Gasteiger partial charge in [-0.1, -0.05) is 0 Å². The molecule has 2 rings (SSSR count). The molecular formula is C9H14BrN2+. The zero-order chi connectivity index (χ0) is 8.72. The molecule has 0 fully saturated rings. The van der Waals surface area contributed by atoms with Crippen LogP contribution >= 0.6 is 15.9 Å². The molecule has 2 nitrogen and oxygen atoms in total. The van der Waals surface area contributed by atoms with Crippen LogP contribution in [0.25, 0.3) is 0 Å². The molecular weight excluding hydrogens is 216 g/mol. The molecule has 0 aliphatic carbocycles. The number of fused-ring (bicyclic) bond motifs is 1. The molecule has 0 unspecified atom stereocenters. The summed E-state index contributed by atoms with van der Waals surface area (Å²) in [7, 11) is 0. The SMILES string of the molecule is Cc1c(Br)c(C)[n+]2n1CCCC2. The smallest absolute Gasteiger partial charge is 0.157 e. The van der Waals surface area contributed by atoms with Gasteiger partial charge in [-0.2, -0.15) is 4.68 Å². The average molecular weight is 230 g/mol. The third kappa shape index (κ3) is 1.03. The number of hydrogen-bond donors (Lipinski definition) is 0. The molecule has 1 aromatic rings. The first-order chi connectivity index (χ1) is 5.72. The van der Waals surface area contributed by atoms with Gasteiger partial charge in [0.25, 0.3) is 0 Å². The zero-order valence-corrected chi connectivity index (χ0v) is 9.19. The van der Waals surface area contributed by atoms with E-state index in [0.717, 1.165) is 0 Å². The van der Waals surface area contributed by atoms with E-state index >= 15 is 0 Å². The topological polar surface area (TPSA) is 8.81 Å². The maximum Gasteiger partial charge on any atom is 0.219 e. The summed E-state index contributed by atoms with van der Waals surface area (Å²) in [5, 5.41) is 0. The van der Waals surface area contributed by atoms with E-state index in [-0.39, 0.29) is 0 Å². The summed E-state index contributed by atoms with van der Waals surface area (Å²) in [6.07, 6.45) is 2.64. The standard InChI is InChI=1S/C9H14BrN2/c1-7-9(10)8(2)12-6-4-3-5-11(7)12/h3-6H2,1-2H3/q+1. The minimum atomic E-state index is 1.18. The Morgan fingerprint density at radius 2 is 2.08 bits per heavy atom. The van der Waals surface area contributed by atoms with E-state index in [2.05, 4.69) is 39.1 Å². The quantitative estimate of drug-likeness (QED) is 0.602.